The van der Waals surface area contributed by atoms with Gasteiger partial charge in [0.1, 0.15) is 11.0 Å². The zero-order valence-electron chi connectivity index (χ0n) is 9.09. The highest BCUT2D eigenvalue weighted by Crippen LogP contribution is 2.10. The number of rotatable bonds is 5. The Morgan fingerprint density at radius 2 is 1.83 bits per heavy atom. The zero-order chi connectivity index (χ0) is 13.7. The second-order valence-electron chi connectivity index (χ2n) is 3.47. The molecule has 18 heavy (non-hydrogen) atoms. The number of carboxylic acid groups (broad SMARTS) is 2. The van der Waals surface area contributed by atoms with Crippen LogP contribution >= 0.6 is 23.8 Å². The van der Waals surface area contributed by atoms with Gasteiger partial charge in [-0.15, -0.1) is 0 Å². The molecule has 0 heterocycles. The number of thiocarbonyl (C=S) groups is 1. The first kappa shape index (κ1) is 14.4. The zero-order valence-corrected chi connectivity index (χ0v) is 10.7. The number of hydrogen-bond donors (Lipinski definition) is 3. The Bertz CT molecular complexity index is 474. The van der Waals surface area contributed by atoms with Crippen molar-refractivity contribution in [1.29, 1.82) is 0 Å². The average Bonchev–Trinajstić information content (AvgIpc) is 2.28. The van der Waals surface area contributed by atoms with Crippen LogP contribution in [0.1, 0.15) is 12.0 Å². The van der Waals surface area contributed by atoms with E-state index in [9.17, 15) is 9.59 Å². The molecule has 0 aliphatic carbocycles. The quantitative estimate of drug-likeness (QED) is 0.712. The van der Waals surface area contributed by atoms with E-state index in [-0.39, 0.29) is 4.99 Å². The Balaban J connectivity index is 2.75. The Kier molecular flexibility index (Phi) is 5.06. The van der Waals surface area contributed by atoms with Gasteiger partial charge in [-0.25, -0.2) is 4.79 Å². The van der Waals surface area contributed by atoms with Crippen LogP contribution in [-0.4, -0.2) is 33.2 Å². The first-order chi connectivity index (χ1) is 8.40. The van der Waals surface area contributed by atoms with Crippen molar-refractivity contribution >= 4 is 40.7 Å². The van der Waals surface area contributed by atoms with Gasteiger partial charge in [0.15, 0.2) is 0 Å². The predicted octanol–water partition coefficient (Wildman–Crippen LogP) is 1.53. The largest absolute Gasteiger partial charge is 0.481 e. The Morgan fingerprint density at radius 3 is 2.28 bits per heavy atom. The summed E-state index contributed by atoms with van der Waals surface area (Å²) >= 11 is 10.7. The van der Waals surface area contributed by atoms with Crippen LogP contribution in [-0.2, 0) is 9.59 Å². The minimum Gasteiger partial charge on any atom is -0.481 e. The first-order valence-corrected chi connectivity index (χ1v) is 5.70. The van der Waals surface area contributed by atoms with Crippen LogP contribution in [0.3, 0.4) is 0 Å². The van der Waals surface area contributed by atoms with Crippen LogP contribution < -0.4 is 5.32 Å². The monoisotopic (exact) mass is 287 g/mol. The number of hydrogen-bond acceptors (Lipinski definition) is 3. The van der Waals surface area contributed by atoms with E-state index < -0.39 is 24.4 Å². The fraction of sp³-hybridized carbons (Fsp3) is 0.182. The lowest BCUT2D eigenvalue weighted by molar-refractivity contribution is -0.145. The Labute approximate surface area is 113 Å². The van der Waals surface area contributed by atoms with Crippen molar-refractivity contribution in [3.63, 3.8) is 0 Å². The van der Waals surface area contributed by atoms with Gasteiger partial charge in [-0.2, -0.15) is 0 Å². The summed E-state index contributed by atoms with van der Waals surface area (Å²) < 4.78 is 0. The standard InChI is InChI=1S/C11H10ClNO4S/c12-7-3-1-6(2-4-7)10(18)13-8(11(16)17)5-9(14)15/h1-4,8H,5H2,(H,13,18)(H,14,15)(H,16,17). The number of carboxylic acids is 2. The van der Waals surface area contributed by atoms with Crippen molar-refractivity contribution in [2.75, 3.05) is 0 Å². The van der Waals surface area contributed by atoms with Crippen LogP contribution in [0, 0.1) is 0 Å². The lowest BCUT2D eigenvalue weighted by atomic mass is 10.1. The highest BCUT2D eigenvalue weighted by atomic mass is 35.5. The van der Waals surface area contributed by atoms with Crippen LogP contribution in [0.25, 0.3) is 0 Å². The fourth-order valence-electron chi connectivity index (χ4n) is 1.22. The summed E-state index contributed by atoms with van der Waals surface area (Å²) in [7, 11) is 0. The number of carbonyl (C=O) groups is 2. The molecule has 0 radical (unpaired) electrons. The molecule has 0 spiro atoms. The summed E-state index contributed by atoms with van der Waals surface area (Å²) in [5.41, 5.74) is 0.575. The summed E-state index contributed by atoms with van der Waals surface area (Å²) in [6.45, 7) is 0. The Hall–Kier alpha value is -1.66. The second kappa shape index (κ2) is 6.32. The average molecular weight is 288 g/mol. The number of halogens is 1. The van der Waals surface area contributed by atoms with Crippen LogP contribution in [0.15, 0.2) is 24.3 Å². The van der Waals surface area contributed by atoms with E-state index in [0.717, 1.165) is 0 Å². The molecule has 0 saturated heterocycles. The number of aliphatic carboxylic acids is 2. The van der Waals surface area contributed by atoms with Gasteiger partial charge in [0.25, 0.3) is 0 Å². The van der Waals surface area contributed by atoms with Gasteiger partial charge >= 0.3 is 11.9 Å². The summed E-state index contributed by atoms with van der Waals surface area (Å²) in [6.07, 6.45) is -0.553. The molecular formula is C11H10ClNO4S. The van der Waals surface area contributed by atoms with Gasteiger partial charge in [0.05, 0.1) is 6.42 Å². The molecule has 1 aromatic rings. The predicted molar refractivity (Wildman–Crippen MR) is 70.0 cm³/mol. The second-order valence-corrected chi connectivity index (χ2v) is 4.31. The third-order valence-electron chi connectivity index (χ3n) is 2.09. The van der Waals surface area contributed by atoms with Gasteiger partial charge in [-0.05, 0) is 12.1 Å². The molecule has 96 valence electrons. The van der Waals surface area contributed by atoms with Crippen molar-refractivity contribution < 1.29 is 19.8 Å². The minimum absolute atomic E-state index is 0.167. The maximum Gasteiger partial charge on any atom is 0.326 e. The smallest absolute Gasteiger partial charge is 0.326 e. The van der Waals surface area contributed by atoms with E-state index in [2.05, 4.69) is 5.32 Å². The van der Waals surface area contributed by atoms with Crippen LogP contribution in [0.4, 0.5) is 0 Å². The lowest BCUT2D eigenvalue weighted by Gasteiger charge is -2.14. The molecule has 0 aliphatic heterocycles. The number of benzene rings is 1. The van der Waals surface area contributed by atoms with Crippen molar-refractivity contribution in [1.82, 2.24) is 5.32 Å². The molecule has 0 amide bonds. The van der Waals surface area contributed by atoms with Crippen molar-refractivity contribution in [3.8, 4) is 0 Å². The molecule has 0 aromatic heterocycles. The maximum atomic E-state index is 10.8. The molecule has 0 fully saturated rings. The summed E-state index contributed by atoms with van der Waals surface area (Å²) in [6, 6.07) is 5.20. The van der Waals surface area contributed by atoms with Gasteiger partial charge in [-0.3, -0.25) is 4.79 Å². The van der Waals surface area contributed by atoms with Gasteiger partial charge < -0.3 is 15.5 Å². The topological polar surface area (TPSA) is 86.6 Å². The SMILES string of the molecule is O=C(O)CC(NC(=S)c1ccc(Cl)cc1)C(=O)O. The molecule has 1 aromatic carbocycles. The van der Waals surface area contributed by atoms with E-state index in [1.807, 2.05) is 0 Å². The van der Waals surface area contributed by atoms with Gasteiger partial charge in [-0.1, -0.05) is 36.0 Å². The van der Waals surface area contributed by atoms with E-state index in [1.165, 1.54) is 0 Å². The molecule has 1 unspecified atom stereocenters. The fourth-order valence-corrected chi connectivity index (χ4v) is 1.62. The van der Waals surface area contributed by atoms with Crippen molar-refractivity contribution in [2.24, 2.45) is 0 Å². The van der Waals surface area contributed by atoms with E-state index in [4.69, 9.17) is 34.0 Å². The minimum atomic E-state index is -1.27. The molecule has 5 nitrogen and oxygen atoms in total. The van der Waals surface area contributed by atoms with Crippen LogP contribution in [0.2, 0.25) is 5.02 Å². The maximum absolute atomic E-state index is 10.8. The molecule has 0 aliphatic rings. The Morgan fingerprint density at radius 1 is 1.28 bits per heavy atom. The molecule has 1 atom stereocenters. The van der Waals surface area contributed by atoms with E-state index in [0.29, 0.717) is 10.6 Å². The molecule has 0 saturated carbocycles. The van der Waals surface area contributed by atoms with E-state index >= 15 is 0 Å². The third-order valence-corrected chi connectivity index (χ3v) is 2.69. The van der Waals surface area contributed by atoms with Crippen LogP contribution in [0.5, 0.6) is 0 Å². The molecule has 0 bridgehead atoms. The normalized spacial score (nSPS) is 11.6. The molecular weight excluding hydrogens is 278 g/mol. The third kappa shape index (κ3) is 4.31. The van der Waals surface area contributed by atoms with E-state index in [1.54, 1.807) is 24.3 Å². The lowest BCUT2D eigenvalue weighted by Crippen LogP contribution is -2.41. The molecule has 1 rings (SSSR count). The summed E-state index contributed by atoms with van der Waals surface area (Å²) in [5, 5.41) is 20.5. The number of nitrogens with one attached hydrogen (secondary N) is 1. The van der Waals surface area contributed by atoms with Gasteiger partial charge in [0.2, 0.25) is 0 Å². The molecule has 7 heteroatoms. The summed E-state index contributed by atoms with van der Waals surface area (Å²) in [4.78, 5) is 21.5. The van der Waals surface area contributed by atoms with Crippen molar-refractivity contribution in [3.05, 3.63) is 34.9 Å². The molecule has 3 N–H and O–H groups in total. The van der Waals surface area contributed by atoms with Crippen molar-refractivity contribution in [2.45, 2.75) is 12.5 Å². The highest BCUT2D eigenvalue weighted by molar-refractivity contribution is 7.80. The van der Waals surface area contributed by atoms with Gasteiger partial charge in [0, 0.05) is 10.6 Å². The summed E-state index contributed by atoms with van der Waals surface area (Å²) in [5.74, 6) is -2.48. The first-order valence-electron chi connectivity index (χ1n) is 4.91. The highest BCUT2D eigenvalue weighted by Gasteiger charge is 2.21.